The number of nitrogens with zero attached hydrogens (tertiary/aromatic N) is 1. The third kappa shape index (κ3) is 3.60. The highest BCUT2D eigenvalue weighted by atomic mass is 32.1. The van der Waals surface area contributed by atoms with Gasteiger partial charge in [0.2, 0.25) is 0 Å². The van der Waals surface area contributed by atoms with E-state index in [1.54, 1.807) is 16.2 Å². The molecule has 0 spiro atoms. The molecule has 1 saturated heterocycles. The number of hydrogen-bond donors (Lipinski definition) is 0. The standard InChI is InChI=1S/C14H19NO2S/c1-14(2,3)17-13(16)15-7-6-11(10-15)9-12-5-4-8-18-12/h4-5,8-9H,6-7,10H2,1-3H3. The smallest absolute Gasteiger partial charge is 0.410 e. The largest absolute Gasteiger partial charge is 0.444 e. The number of amides is 1. The molecular weight excluding hydrogens is 246 g/mol. The highest BCUT2D eigenvalue weighted by Crippen LogP contribution is 2.22. The van der Waals surface area contributed by atoms with Gasteiger partial charge in [-0.1, -0.05) is 6.07 Å². The van der Waals surface area contributed by atoms with Gasteiger partial charge in [-0.05, 0) is 50.3 Å². The minimum atomic E-state index is -0.419. The second-order valence-electron chi connectivity index (χ2n) is 5.47. The van der Waals surface area contributed by atoms with Crippen molar-refractivity contribution in [2.45, 2.75) is 32.8 Å². The molecule has 0 saturated carbocycles. The Bertz CT molecular complexity index is 443. The summed E-state index contributed by atoms with van der Waals surface area (Å²) in [5, 5.41) is 2.06. The van der Waals surface area contributed by atoms with Crippen LogP contribution in [0.5, 0.6) is 0 Å². The molecule has 1 amide bonds. The van der Waals surface area contributed by atoms with Crippen molar-refractivity contribution >= 4 is 23.5 Å². The van der Waals surface area contributed by atoms with Gasteiger partial charge in [-0.3, -0.25) is 0 Å². The predicted molar refractivity (Wildman–Crippen MR) is 74.7 cm³/mol. The monoisotopic (exact) mass is 265 g/mol. The summed E-state index contributed by atoms with van der Waals surface area (Å²) in [6, 6.07) is 4.13. The van der Waals surface area contributed by atoms with E-state index >= 15 is 0 Å². The second kappa shape index (κ2) is 5.14. The summed E-state index contributed by atoms with van der Waals surface area (Å²) < 4.78 is 5.37. The number of carbonyl (C=O) groups is 1. The Labute approximate surface area is 112 Å². The Morgan fingerprint density at radius 2 is 2.28 bits per heavy atom. The minimum Gasteiger partial charge on any atom is -0.444 e. The van der Waals surface area contributed by atoms with Crippen LogP contribution >= 0.6 is 11.3 Å². The molecule has 0 unspecified atom stereocenters. The molecule has 98 valence electrons. The van der Waals surface area contributed by atoms with Gasteiger partial charge in [0.05, 0.1) is 0 Å². The maximum absolute atomic E-state index is 11.9. The van der Waals surface area contributed by atoms with Crippen molar-refractivity contribution < 1.29 is 9.53 Å². The molecule has 0 aromatic carbocycles. The molecule has 0 atom stereocenters. The van der Waals surface area contributed by atoms with Crippen LogP contribution in [0.15, 0.2) is 23.1 Å². The molecule has 2 heterocycles. The van der Waals surface area contributed by atoms with E-state index in [4.69, 9.17) is 4.74 Å². The minimum absolute atomic E-state index is 0.211. The van der Waals surface area contributed by atoms with Crippen molar-refractivity contribution in [2.24, 2.45) is 0 Å². The molecule has 3 nitrogen and oxygen atoms in total. The summed E-state index contributed by atoms with van der Waals surface area (Å²) in [6.45, 7) is 7.12. The van der Waals surface area contributed by atoms with Gasteiger partial charge in [0, 0.05) is 18.0 Å². The van der Waals surface area contributed by atoms with Gasteiger partial charge in [-0.2, -0.15) is 0 Å². The Morgan fingerprint density at radius 3 is 2.89 bits per heavy atom. The first-order valence-electron chi connectivity index (χ1n) is 6.15. The van der Waals surface area contributed by atoms with Crippen LogP contribution in [0.1, 0.15) is 32.1 Å². The first-order valence-corrected chi connectivity index (χ1v) is 7.03. The van der Waals surface area contributed by atoms with E-state index in [1.807, 2.05) is 26.8 Å². The molecule has 2 rings (SSSR count). The molecule has 1 aliphatic heterocycles. The summed E-state index contributed by atoms with van der Waals surface area (Å²) in [5.74, 6) is 0. The maximum atomic E-state index is 11.9. The summed E-state index contributed by atoms with van der Waals surface area (Å²) >= 11 is 1.72. The SMILES string of the molecule is CC(C)(C)OC(=O)N1CCC(=Cc2cccs2)C1. The van der Waals surface area contributed by atoms with Gasteiger partial charge >= 0.3 is 6.09 Å². The molecule has 0 N–H and O–H groups in total. The first-order chi connectivity index (χ1) is 8.44. The third-order valence-corrected chi connectivity index (χ3v) is 3.46. The molecule has 18 heavy (non-hydrogen) atoms. The number of ether oxygens (including phenoxy) is 1. The topological polar surface area (TPSA) is 29.5 Å². The average molecular weight is 265 g/mol. The second-order valence-corrected chi connectivity index (χ2v) is 6.45. The first kappa shape index (κ1) is 13.1. The summed E-state index contributed by atoms with van der Waals surface area (Å²) in [5.41, 5.74) is 0.875. The highest BCUT2D eigenvalue weighted by Gasteiger charge is 2.26. The fraction of sp³-hybridized carbons (Fsp3) is 0.500. The summed E-state index contributed by atoms with van der Waals surface area (Å²) in [4.78, 5) is 14.9. The average Bonchev–Trinajstić information content (AvgIpc) is 2.86. The van der Waals surface area contributed by atoms with Gasteiger partial charge in [-0.15, -0.1) is 11.3 Å². The van der Waals surface area contributed by atoms with E-state index in [2.05, 4.69) is 17.5 Å². The molecule has 1 aromatic rings. The van der Waals surface area contributed by atoms with Crippen molar-refractivity contribution in [2.75, 3.05) is 13.1 Å². The summed E-state index contributed by atoms with van der Waals surface area (Å²) in [7, 11) is 0. The van der Waals surface area contributed by atoms with E-state index in [9.17, 15) is 4.79 Å². The molecule has 0 bridgehead atoms. The third-order valence-electron chi connectivity index (χ3n) is 2.64. The molecular formula is C14H19NO2S. The van der Waals surface area contributed by atoms with Crippen LogP contribution in [0, 0.1) is 0 Å². The maximum Gasteiger partial charge on any atom is 0.410 e. The van der Waals surface area contributed by atoms with Crippen LogP contribution in [0.4, 0.5) is 4.79 Å². The van der Waals surface area contributed by atoms with Gasteiger partial charge in [0.1, 0.15) is 5.60 Å². The number of hydrogen-bond acceptors (Lipinski definition) is 3. The number of carbonyl (C=O) groups excluding carboxylic acids is 1. The van der Waals surface area contributed by atoms with Crippen molar-refractivity contribution in [3.63, 3.8) is 0 Å². The molecule has 0 aliphatic carbocycles. The Hall–Kier alpha value is -1.29. The lowest BCUT2D eigenvalue weighted by molar-refractivity contribution is 0.0299. The van der Waals surface area contributed by atoms with Gasteiger partial charge in [0.25, 0.3) is 0 Å². The zero-order valence-electron chi connectivity index (χ0n) is 11.1. The fourth-order valence-corrected chi connectivity index (χ4v) is 2.56. The molecule has 1 aliphatic rings. The van der Waals surface area contributed by atoms with Crippen LogP contribution in [0.25, 0.3) is 6.08 Å². The lowest BCUT2D eigenvalue weighted by Crippen LogP contribution is -2.34. The van der Waals surface area contributed by atoms with Crippen LogP contribution in [0.3, 0.4) is 0 Å². The van der Waals surface area contributed by atoms with E-state index in [-0.39, 0.29) is 6.09 Å². The van der Waals surface area contributed by atoms with Gasteiger partial charge < -0.3 is 9.64 Å². The molecule has 1 aromatic heterocycles. The normalized spacial score (nSPS) is 18.4. The lowest BCUT2D eigenvalue weighted by atomic mass is 10.2. The van der Waals surface area contributed by atoms with Crippen LogP contribution in [-0.2, 0) is 4.74 Å². The van der Waals surface area contributed by atoms with E-state index in [0.717, 1.165) is 13.0 Å². The predicted octanol–water partition coefficient (Wildman–Crippen LogP) is 3.77. The zero-order chi connectivity index (χ0) is 13.2. The van der Waals surface area contributed by atoms with Crippen LogP contribution in [-0.4, -0.2) is 29.7 Å². The zero-order valence-corrected chi connectivity index (χ0v) is 11.9. The van der Waals surface area contributed by atoms with Crippen molar-refractivity contribution in [1.29, 1.82) is 0 Å². The van der Waals surface area contributed by atoms with Gasteiger partial charge in [0.15, 0.2) is 0 Å². The Balaban J connectivity index is 1.94. The number of rotatable bonds is 1. The molecule has 1 fully saturated rings. The highest BCUT2D eigenvalue weighted by molar-refractivity contribution is 7.10. The van der Waals surface area contributed by atoms with Crippen LogP contribution < -0.4 is 0 Å². The molecule has 4 heteroatoms. The van der Waals surface area contributed by atoms with E-state index < -0.39 is 5.60 Å². The number of thiophene rings is 1. The van der Waals surface area contributed by atoms with E-state index in [1.165, 1.54) is 10.5 Å². The Kier molecular flexibility index (Phi) is 3.76. The summed E-state index contributed by atoms with van der Waals surface area (Å²) in [6.07, 6.45) is 2.91. The van der Waals surface area contributed by atoms with Crippen molar-refractivity contribution in [3.8, 4) is 0 Å². The Morgan fingerprint density at radius 1 is 1.50 bits per heavy atom. The van der Waals surface area contributed by atoms with Crippen molar-refractivity contribution in [1.82, 2.24) is 4.90 Å². The van der Waals surface area contributed by atoms with Crippen molar-refractivity contribution in [3.05, 3.63) is 28.0 Å². The lowest BCUT2D eigenvalue weighted by Gasteiger charge is -2.23. The van der Waals surface area contributed by atoms with Crippen LogP contribution in [0.2, 0.25) is 0 Å². The van der Waals surface area contributed by atoms with Gasteiger partial charge in [-0.25, -0.2) is 4.79 Å². The number of likely N-dealkylation sites (tertiary alicyclic amines) is 1. The molecule has 0 radical (unpaired) electrons. The van der Waals surface area contributed by atoms with E-state index in [0.29, 0.717) is 6.54 Å². The quantitative estimate of drug-likeness (QED) is 0.773. The fourth-order valence-electron chi connectivity index (χ4n) is 1.86.